The SMILES string of the molecule is [2H]c1cc2c3cc([2H])c([2H])c([2H])c3n(-c3c([2H])c([2H])cc4c3oc3c([2H])c([2H])c([2H])c(-c5nc(-c6ccccc6)nc(-c6cccc7c6sc6cccc(-c8ccccc8)c67)n5)c34)c2cc1[2H]. The molecule has 0 saturated heterocycles. The van der Waals surface area contributed by atoms with Gasteiger partial charge in [-0.25, -0.2) is 15.0 Å². The molecule has 12 aromatic rings. The first kappa shape index (κ1) is 23.5. The Balaban J connectivity index is 1.18. The van der Waals surface area contributed by atoms with Gasteiger partial charge in [0.15, 0.2) is 23.1 Å². The topological polar surface area (TPSA) is 56.7 Å². The van der Waals surface area contributed by atoms with Crippen molar-refractivity contribution < 1.29 is 18.1 Å². The largest absolute Gasteiger partial charge is 0.454 e. The van der Waals surface area contributed by atoms with Gasteiger partial charge in [-0.15, -0.1) is 11.3 Å². The Morgan fingerprint density at radius 3 is 2.04 bits per heavy atom. The number of benzene rings is 8. The van der Waals surface area contributed by atoms with E-state index in [1.54, 1.807) is 11.3 Å². The van der Waals surface area contributed by atoms with E-state index < -0.39 is 12.1 Å². The van der Waals surface area contributed by atoms with Crippen molar-refractivity contribution in [3.05, 3.63) is 182 Å². The van der Waals surface area contributed by atoms with Gasteiger partial charge in [0.05, 0.1) is 30.4 Å². The molecule has 0 bridgehead atoms. The van der Waals surface area contributed by atoms with E-state index in [2.05, 4.69) is 30.3 Å². The van der Waals surface area contributed by atoms with E-state index in [4.69, 9.17) is 27.6 Å². The molecule has 5 nitrogen and oxygen atoms in total. The molecule has 6 heteroatoms. The van der Waals surface area contributed by atoms with Crippen LogP contribution in [-0.4, -0.2) is 19.5 Å². The lowest BCUT2D eigenvalue weighted by molar-refractivity contribution is 0.666. The van der Waals surface area contributed by atoms with Gasteiger partial charge in [-0.2, -0.15) is 0 Å². The van der Waals surface area contributed by atoms with Gasteiger partial charge in [-0.1, -0.05) is 145 Å². The molecule has 0 radical (unpaired) electrons. The zero-order valence-electron chi connectivity index (χ0n) is 39.7. The first-order valence-electron chi connectivity index (χ1n) is 23.2. The van der Waals surface area contributed by atoms with Gasteiger partial charge in [0.2, 0.25) is 0 Å². The molecule has 0 amide bonds. The summed E-state index contributed by atoms with van der Waals surface area (Å²) in [7, 11) is 0. The molecule has 8 aromatic carbocycles. The van der Waals surface area contributed by atoms with Crippen molar-refractivity contribution in [3.8, 4) is 51.0 Å². The minimum atomic E-state index is -0.475. The Bertz CT molecular complexity index is 4120. The lowest BCUT2D eigenvalue weighted by Gasteiger charge is -2.10. The van der Waals surface area contributed by atoms with Crippen molar-refractivity contribution in [3.63, 3.8) is 0 Å². The average Bonchev–Trinajstić information content (AvgIpc) is 4.01. The van der Waals surface area contributed by atoms with Gasteiger partial charge >= 0.3 is 0 Å². The molecule has 0 aliphatic carbocycles. The monoisotopic (exact) mass is 756 g/mol. The molecule has 0 aliphatic rings. The van der Waals surface area contributed by atoms with Crippen molar-refractivity contribution in [2.45, 2.75) is 0 Å². The van der Waals surface area contributed by atoms with Gasteiger partial charge in [0, 0.05) is 58.4 Å². The molecular weight excluding hydrogens is 717 g/mol. The Hall–Kier alpha value is -7.41. The number of nitrogens with zero attached hydrogens (tertiary/aromatic N) is 4. The van der Waals surface area contributed by atoms with Gasteiger partial charge in [0.1, 0.15) is 5.58 Å². The Morgan fingerprint density at radius 2 is 1.18 bits per heavy atom. The second kappa shape index (κ2) is 12.6. The smallest absolute Gasteiger partial charge is 0.165 e. The predicted molar refractivity (Wildman–Crippen MR) is 236 cm³/mol. The normalized spacial score (nSPS) is 14.3. The van der Waals surface area contributed by atoms with Crippen LogP contribution in [0.25, 0.3) is 115 Å². The summed E-state index contributed by atoms with van der Waals surface area (Å²) >= 11 is 1.61. The average molecular weight is 757 g/mol. The van der Waals surface area contributed by atoms with E-state index >= 15 is 0 Å². The lowest BCUT2D eigenvalue weighted by Crippen LogP contribution is -2.00. The van der Waals surface area contributed by atoms with Gasteiger partial charge < -0.3 is 8.98 Å². The first-order chi connectivity index (χ1) is 32.4. The second-order valence-corrected chi connectivity index (χ2v) is 14.6. The lowest BCUT2D eigenvalue weighted by atomic mass is 9.99. The highest BCUT2D eigenvalue weighted by Crippen LogP contribution is 2.45. The highest BCUT2D eigenvalue weighted by atomic mass is 32.1. The van der Waals surface area contributed by atoms with Gasteiger partial charge in [0.25, 0.3) is 0 Å². The number of para-hydroxylation sites is 3. The van der Waals surface area contributed by atoms with E-state index in [-0.39, 0.29) is 104 Å². The summed E-state index contributed by atoms with van der Waals surface area (Å²) < 4.78 is 99.6. The van der Waals surface area contributed by atoms with Crippen LogP contribution in [0.1, 0.15) is 13.7 Å². The quantitative estimate of drug-likeness (QED) is 0.175. The molecule has 0 spiro atoms. The maximum atomic E-state index is 9.51. The molecule has 0 atom stereocenters. The molecule has 57 heavy (non-hydrogen) atoms. The molecule has 4 aromatic heterocycles. The standard InChI is InChI=1S/C51H30N4OS/c1-3-15-31(16-4-1)33-21-14-30-44-46(33)37-23-11-25-39(48(37)57-44)51-53-49(32-17-5-2-6-18-32)52-50(54-51)38-24-13-29-43-45(38)36-22-12-28-42(47(36)56-43)55-40-26-9-7-19-34(40)35-20-8-10-27-41(35)55/h1-30H/i7D,8D,9D,10D,12D,13D,24D,26D,28D,29D. The molecule has 0 fully saturated rings. The number of aromatic nitrogens is 4. The first-order valence-corrected chi connectivity index (χ1v) is 19.0. The maximum Gasteiger partial charge on any atom is 0.165 e. The van der Waals surface area contributed by atoms with Crippen LogP contribution in [0.4, 0.5) is 0 Å². The molecule has 0 saturated carbocycles. The molecule has 0 aliphatic heterocycles. The van der Waals surface area contributed by atoms with Gasteiger partial charge in [-0.3, -0.25) is 0 Å². The summed E-state index contributed by atoms with van der Waals surface area (Å²) in [6, 6.07) is 34.2. The van der Waals surface area contributed by atoms with Crippen LogP contribution in [0.5, 0.6) is 0 Å². The Morgan fingerprint density at radius 1 is 0.474 bits per heavy atom. The third-order valence-electron chi connectivity index (χ3n) is 10.4. The van der Waals surface area contributed by atoms with Gasteiger partial charge in [-0.05, 0) is 47.5 Å². The van der Waals surface area contributed by atoms with Crippen molar-refractivity contribution in [2.24, 2.45) is 0 Å². The van der Waals surface area contributed by atoms with Crippen molar-refractivity contribution in [1.29, 1.82) is 0 Å². The van der Waals surface area contributed by atoms with Crippen LogP contribution in [0.2, 0.25) is 0 Å². The number of thiophene rings is 1. The summed E-state index contributed by atoms with van der Waals surface area (Å²) in [4.78, 5) is 15.1. The number of fused-ring (bicyclic) bond motifs is 9. The van der Waals surface area contributed by atoms with E-state index in [1.165, 1.54) is 28.8 Å². The second-order valence-electron chi connectivity index (χ2n) is 13.6. The molecular formula is C51H30N4OS. The van der Waals surface area contributed by atoms with E-state index in [0.29, 0.717) is 27.7 Å². The van der Waals surface area contributed by atoms with Crippen LogP contribution in [-0.2, 0) is 0 Å². The van der Waals surface area contributed by atoms with Crippen molar-refractivity contribution in [1.82, 2.24) is 19.5 Å². The highest BCUT2D eigenvalue weighted by Gasteiger charge is 2.22. The molecule has 12 rings (SSSR count). The molecule has 0 N–H and O–H groups in total. The molecule has 4 heterocycles. The number of hydrogen-bond donors (Lipinski definition) is 0. The summed E-state index contributed by atoms with van der Waals surface area (Å²) in [6.45, 7) is 0. The molecule has 0 unspecified atom stereocenters. The summed E-state index contributed by atoms with van der Waals surface area (Å²) in [5.74, 6) is 0.594. The third-order valence-corrected chi connectivity index (χ3v) is 11.6. The van der Waals surface area contributed by atoms with E-state index in [9.17, 15) is 5.48 Å². The zero-order chi connectivity index (χ0) is 46.2. The Kier molecular flexibility index (Phi) is 5.18. The van der Waals surface area contributed by atoms with Crippen LogP contribution in [0.3, 0.4) is 0 Å². The summed E-state index contributed by atoms with van der Waals surface area (Å²) in [5.41, 5.74) is 3.72. The van der Waals surface area contributed by atoms with Crippen LogP contribution < -0.4 is 0 Å². The zero-order valence-corrected chi connectivity index (χ0v) is 30.5. The van der Waals surface area contributed by atoms with Crippen LogP contribution in [0.15, 0.2) is 186 Å². The Labute approximate surface area is 344 Å². The minimum Gasteiger partial charge on any atom is -0.454 e. The minimum absolute atomic E-state index is 0.00938. The highest BCUT2D eigenvalue weighted by molar-refractivity contribution is 7.26. The fraction of sp³-hybridized carbons (Fsp3) is 0. The summed E-state index contributed by atoms with van der Waals surface area (Å²) in [6.07, 6.45) is 0. The predicted octanol–water partition coefficient (Wildman–Crippen LogP) is 13.9. The van der Waals surface area contributed by atoms with Crippen LogP contribution >= 0.6 is 11.3 Å². The van der Waals surface area contributed by atoms with Crippen LogP contribution in [0, 0.1) is 0 Å². The van der Waals surface area contributed by atoms with Crippen molar-refractivity contribution in [2.75, 3.05) is 0 Å². The fourth-order valence-electron chi connectivity index (χ4n) is 7.92. The van der Waals surface area contributed by atoms with E-state index in [0.717, 1.165) is 31.3 Å². The number of hydrogen-bond acceptors (Lipinski definition) is 5. The number of furan rings is 1. The number of rotatable bonds is 5. The molecule has 266 valence electrons. The van der Waals surface area contributed by atoms with Crippen molar-refractivity contribution >= 4 is 75.3 Å². The maximum absolute atomic E-state index is 9.51. The fourth-order valence-corrected chi connectivity index (χ4v) is 9.16. The third kappa shape index (κ3) is 4.91. The van der Waals surface area contributed by atoms with E-state index in [1.807, 2.05) is 66.7 Å². The summed E-state index contributed by atoms with van der Waals surface area (Å²) in [5, 5.41) is 3.15.